The van der Waals surface area contributed by atoms with Crippen molar-refractivity contribution in [1.29, 1.82) is 0 Å². The van der Waals surface area contributed by atoms with Crippen LogP contribution < -0.4 is 10.6 Å². The second kappa shape index (κ2) is 6.01. The number of carbonyl (C=O) groups excluding carboxylic acids is 1. The number of fused-ring (bicyclic) bond motifs is 1. The Morgan fingerprint density at radius 1 is 1.20 bits per heavy atom. The van der Waals surface area contributed by atoms with Crippen molar-refractivity contribution in [2.75, 3.05) is 13.1 Å². The Kier molecular flexibility index (Phi) is 3.92. The lowest BCUT2D eigenvalue weighted by Gasteiger charge is -2.16. The summed E-state index contributed by atoms with van der Waals surface area (Å²) >= 11 is 0. The molecule has 4 nitrogen and oxygen atoms in total. The van der Waals surface area contributed by atoms with E-state index in [1.54, 1.807) is 12.3 Å². The molecule has 1 atom stereocenters. The molecule has 0 aliphatic carbocycles. The Balaban J connectivity index is 1.81. The Morgan fingerprint density at radius 3 is 3.05 bits per heavy atom. The van der Waals surface area contributed by atoms with E-state index in [2.05, 4.69) is 15.6 Å². The zero-order chi connectivity index (χ0) is 13.8. The summed E-state index contributed by atoms with van der Waals surface area (Å²) in [4.78, 5) is 16.8. The second-order valence-corrected chi connectivity index (χ2v) is 5.23. The minimum absolute atomic E-state index is 0.00972. The molecule has 0 radical (unpaired) electrons. The van der Waals surface area contributed by atoms with Crippen molar-refractivity contribution in [1.82, 2.24) is 15.6 Å². The van der Waals surface area contributed by atoms with Gasteiger partial charge in [-0.25, -0.2) is 0 Å². The van der Waals surface area contributed by atoms with Crippen LogP contribution in [0.5, 0.6) is 0 Å². The summed E-state index contributed by atoms with van der Waals surface area (Å²) in [6, 6.07) is 9.83. The van der Waals surface area contributed by atoms with Gasteiger partial charge in [0.25, 0.3) is 5.91 Å². The van der Waals surface area contributed by atoms with Gasteiger partial charge in [-0.2, -0.15) is 0 Å². The zero-order valence-corrected chi connectivity index (χ0v) is 11.4. The van der Waals surface area contributed by atoms with Gasteiger partial charge in [0.2, 0.25) is 0 Å². The first-order valence-corrected chi connectivity index (χ1v) is 7.20. The highest BCUT2D eigenvalue weighted by Gasteiger charge is 2.17. The Labute approximate surface area is 118 Å². The monoisotopic (exact) mass is 269 g/mol. The zero-order valence-electron chi connectivity index (χ0n) is 11.4. The van der Waals surface area contributed by atoms with Crippen molar-refractivity contribution in [3.8, 4) is 0 Å². The van der Waals surface area contributed by atoms with Crippen LogP contribution in [0.3, 0.4) is 0 Å². The molecule has 104 valence electrons. The SMILES string of the molecule is O=C(NC1CCCNCC1)c1ccnc2ccccc12. The number of amides is 1. The molecular weight excluding hydrogens is 250 g/mol. The molecule has 0 saturated carbocycles. The number of benzene rings is 1. The van der Waals surface area contributed by atoms with Crippen LogP contribution in [0.4, 0.5) is 0 Å². The fourth-order valence-corrected chi connectivity index (χ4v) is 2.72. The number of rotatable bonds is 2. The molecule has 4 heteroatoms. The Morgan fingerprint density at radius 2 is 2.10 bits per heavy atom. The van der Waals surface area contributed by atoms with Crippen molar-refractivity contribution < 1.29 is 4.79 Å². The van der Waals surface area contributed by atoms with Gasteiger partial charge in [0.05, 0.1) is 11.1 Å². The molecular formula is C16H19N3O. The predicted octanol–water partition coefficient (Wildman–Crippen LogP) is 2.11. The third-order valence-corrected chi connectivity index (χ3v) is 3.80. The molecule has 1 amide bonds. The maximum absolute atomic E-state index is 12.5. The maximum atomic E-state index is 12.5. The summed E-state index contributed by atoms with van der Waals surface area (Å²) in [5.74, 6) is 0.00972. The smallest absolute Gasteiger partial charge is 0.252 e. The third kappa shape index (κ3) is 2.80. The van der Waals surface area contributed by atoms with E-state index in [1.165, 1.54) is 0 Å². The number of nitrogens with zero attached hydrogens (tertiary/aromatic N) is 1. The van der Waals surface area contributed by atoms with Gasteiger partial charge in [-0.15, -0.1) is 0 Å². The van der Waals surface area contributed by atoms with E-state index >= 15 is 0 Å². The summed E-state index contributed by atoms with van der Waals surface area (Å²) < 4.78 is 0. The maximum Gasteiger partial charge on any atom is 0.252 e. The van der Waals surface area contributed by atoms with Crippen LogP contribution in [0.2, 0.25) is 0 Å². The van der Waals surface area contributed by atoms with Crippen molar-refractivity contribution in [2.24, 2.45) is 0 Å². The van der Waals surface area contributed by atoms with E-state index in [1.807, 2.05) is 24.3 Å². The quantitative estimate of drug-likeness (QED) is 0.878. The highest BCUT2D eigenvalue weighted by Crippen LogP contribution is 2.16. The largest absolute Gasteiger partial charge is 0.349 e. The minimum atomic E-state index is 0.00972. The molecule has 1 aliphatic rings. The number of aromatic nitrogens is 1. The van der Waals surface area contributed by atoms with Crippen LogP contribution in [-0.4, -0.2) is 30.0 Å². The molecule has 1 unspecified atom stereocenters. The topological polar surface area (TPSA) is 54.0 Å². The molecule has 1 aromatic carbocycles. The Bertz CT molecular complexity index is 598. The molecule has 1 fully saturated rings. The van der Waals surface area contributed by atoms with Crippen molar-refractivity contribution in [3.63, 3.8) is 0 Å². The van der Waals surface area contributed by atoms with Gasteiger partial charge in [0.15, 0.2) is 0 Å². The van der Waals surface area contributed by atoms with Crippen LogP contribution >= 0.6 is 0 Å². The molecule has 2 N–H and O–H groups in total. The van der Waals surface area contributed by atoms with Crippen molar-refractivity contribution in [3.05, 3.63) is 42.1 Å². The summed E-state index contributed by atoms with van der Waals surface area (Å²) in [6.45, 7) is 2.02. The van der Waals surface area contributed by atoms with Crippen LogP contribution in [0.1, 0.15) is 29.6 Å². The predicted molar refractivity (Wildman–Crippen MR) is 79.7 cm³/mol. The molecule has 1 aliphatic heterocycles. The van der Waals surface area contributed by atoms with Gasteiger partial charge in [0.1, 0.15) is 0 Å². The second-order valence-electron chi connectivity index (χ2n) is 5.23. The number of carbonyl (C=O) groups is 1. The average molecular weight is 269 g/mol. The lowest BCUT2D eigenvalue weighted by molar-refractivity contribution is 0.0935. The number of hydrogen-bond donors (Lipinski definition) is 2. The molecule has 20 heavy (non-hydrogen) atoms. The van der Waals surface area contributed by atoms with E-state index in [4.69, 9.17) is 0 Å². The third-order valence-electron chi connectivity index (χ3n) is 3.80. The van der Waals surface area contributed by atoms with Gasteiger partial charge >= 0.3 is 0 Å². The first kappa shape index (κ1) is 13.1. The number of para-hydroxylation sites is 1. The summed E-state index contributed by atoms with van der Waals surface area (Å²) in [7, 11) is 0. The van der Waals surface area contributed by atoms with Crippen LogP contribution in [0.15, 0.2) is 36.5 Å². The fraction of sp³-hybridized carbons (Fsp3) is 0.375. The summed E-state index contributed by atoms with van der Waals surface area (Å²) in [5.41, 5.74) is 1.58. The van der Waals surface area contributed by atoms with Crippen LogP contribution in [0, 0.1) is 0 Å². The van der Waals surface area contributed by atoms with E-state index in [0.29, 0.717) is 5.56 Å². The molecule has 2 heterocycles. The van der Waals surface area contributed by atoms with E-state index in [0.717, 1.165) is 43.3 Å². The van der Waals surface area contributed by atoms with Gasteiger partial charge in [-0.1, -0.05) is 18.2 Å². The first-order valence-electron chi connectivity index (χ1n) is 7.20. The van der Waals surface area contributed by atoms with E-state index in [9.17, 15) is 4.79 Å². The van der Waals surface area contributed by atoms with Crippen molar-refractivity contribution in [2.45, 2.75) is 25.3 Å². The molecule has 0 bridgehead atoms. The Hall–Kier alpha value is -1.94. The highest BCUT2D eigenvalue weighted by molar-refractivity contribution is 6.06. The molecule has 1 saturated heterocycles. The number of pyridine rings is 1. The first-order chi connectivity index (χ1) is 9.84. The van der Waals surface area contributed by atoms with Gasteiger partial charge < -0.3 is 10.6 Å². The van der Waals surface area contributed by atoms with Crippen LogP contribution in [0.25, 0.3) is 10.9 Å². The standard InChI is InChI=1S/C16H19N3O/c20-16(19-12-4-3-9-17-10-7-12)14-8-11-18-15-6-2-1-5-13(14)15/h1-2,5-6,8,11-12,17H,3-4,7,9-10H2,(H,19,20). The molecule has 1 aromatic heterocycles. The van der Waals surface area contributed by atoms with E-state index in [-0.39, 0.29) is 11.9 Å². The van der Waals surface area contributed by atoms with Gasteiger partial charge in [-0.05, 0) is 44.5 Å². The van der Waals surface area contributed by atoms with Crippen LogP contribution in [-0.2, 0) is 0 Å². The molecule has 3 rings (SSSR count). The molecule has 2 aromatic rings. The number of nitrogens with one attached hydrogen (secondary N) is 2. The lowest BCUT2D eigenvalue weighted by Crippen LogP contribution is -2.35. The molecule has 0 spiro atoms. The highest BCUT2D eigenvalue weighted by atomic mass is 16.1. The van der Waals surface area contributed by atoms with Crippen molar-refractivity contribution >= 4 is 16.8 Å². The average Bonchev–Trinajstić information content (AvgIpc) is 2.75. The normalized spacial score (nSPS) is 19.5. The summed E-state index contributed by atoms with van der Waals surface area (Å²) in [5, 5.41) is 7.44. The van der Waals surface area contributed by atoms with E-state index < -0.39 is 0 Å². The minimum Gasteiger partial charge on any atom is -0.349 e. The lowest BCUT2D eigenvalue weighted by atomic mass is 10.1. The fourth-order valence-electron chi connectivity index (χ4n) is 2.72. The van der Waals surface area contributed by atoms with Gasteiger partial charge in [-0.3, -0.25) is 9.78 Å². The summed E-state index contributed by atoms with van der Waals surface area (Å²) in [6.07, 6.45) is 4.85. The van der Waals surface area contributed by atoms with Gasteiger partial charge in [0, 0.05) is 17.6 Å². The number of hydrogen-bond acceptors (Lipinski definition) is 3.